The lowest BCUT2D eigenvalue weighted by molar-refractivity contribution is -0.124. The highest BCUT2D eigenvalue weighted by Crippen LogP contribution is 2.34. The number of halogens is 1. The smallest absolute Gasteiger partial charge is 0.340 e. The van der Waals surface area contributed by atoms with E-state index in [0.29, 0.717) is 5.75 Å². The fraction of sp³-hybridized carbons (Fsp3) is 0.120. The summed E-state index contributed by atoms with van der Waals surface area (Å²) in [5.74, 6) is -1.53. The highest BCUT2D eigenvalue weighted by Gasteiger charge is 2.33. The molecule has 1 aliphatic carbocycles. The number of fused-ring (bicyclic) bond motifs is 2. The molecule has 0 aromatic heterocycles. The highest BCUT2D eigenvalue weighted by atomic mass is 35.5. The predicted octanol–water partition coefficient (Wildman–Crippen LogP) is 3.60. The van der Waals surface area contributed by atoms with Crippen LogP contribution in [-0.2, 0) is 16.1 Å². The fourth-order valence-electron chi connectivity index (χ4n) is 3.55. The second-order valence-corrected chi connectivity index (χ2v) is 7.64. The molecule has 3 aromatic rings. The van der Waals surface area contributed by atoms with Gasteiger partial charge in [-0.3, -0.25) is 14.4 Å². The summed E-state index contributed by atoms with van der Waals surface area (Å²) in [6.45, 7) is -0.310. The summed E-state index contributed by atoms with van der Waals surface area (Å²) in [6, 6.07) is 16.3. The van der Waals surface area contributed by atoms with Crippen LogP contribution in [0.4, 0.5) is 0 Å². The van der Waals surface area contributed by atoms with Crippen LogP contribution in [0.2, 0.25) is 5.02 Å². The summed E-state index contributed by atoms with van der Waals surface area (Å²) in [7, 11) is 1.55. The van der Waals surface area contributed by atoms with Gasteiger partial charge in [0.15, 0.2) is 18.2 Å². The molecule has 0 radical (unpaired) electrons. The molecule has 0 bridgehead atoms. The number of esters is 1. The predicted molar refractivity (Wildman–Crippen MR) is 120 cm³/mol. The molecule has 3 aromatic carbocycles. The molecule has 166 valence electrons. The van der Waals surface area contributed by atoms with Crippen molar-refractivity contribution in [3.63, 3.8) is 0 Å². The van der Waals surface area contributed by atoms with Crippen LogP contribution in [0.5, 0.6) is 5.75 Å². The summed E-state index contributed by atoms with van der Waals surface area (Å²) >= 11 is 6.35. The number of carbonyl (C=O) groups is 4. The number of methoxy groups -OCH3 is 1. The molecule has 0 aliphatic heterocycles. The second-order valence-electron chi connectivity index (χ2n) is 7.26. The molecule has 1 N–H and O–H groups in total. The van der Waals surface area contributed by atoms with Crippen LogP contribution >= 0.6 is 11.6 Å². The van der Waals surface area contributed by atoms with Gasteiger partial charge in [-0.25, -0.2) is 4.79 Å². The topological polar surface area (TPSA) is 98.8 Å². The first-order valence-corrected chi connectivity index (χ1v) is 10.4. The van der Waals surface area contributed by atoms with E-state index in [1.807, 2.05) is 6.07 Å². The van der Waals surface area contributed by atoms with Gasteiger partial charge in [0.1, 0.15) is 5.75 Å². The van der Waals surface area contributed by atoms with E-state index in [9.17, 15) is 19.2 Å². The third-order valence-corrected chi connectivity index (χ3v) is 5.60. The lowest BCUT2D eigenvalue weighted by Crippen LogP contribution is -2.28. The molecule has 8 heteroatoms. The van der Waals surface area contributed by atoms with Gasteiger partial charge in [-0.15, -0.1) is 0 Å². The quantitative estimate of drug-likeness (QED) is 0.439. The van der Waals surface area contributed by atoms with Crippen LogP contribution in [-0.4, -0.2) is 37.2 Å². The van der Waals surface area contributed by atoms with Crippen LogP contribution in [0.3, 0.4) is 0 Å². The summed E-state index contributed by atoms with van der Waals surface area (Å²) in [5, 5.41) is 2.46. The van der Waals surface area contributed by atoms with E-state index in [-0.39, 0.29) is 45.2 Å². The van der Waals surface area contributed by atoms with Crippen molar-refractivity contribution in [2.75, 3.05) is 13.7 Å². The largest absolute Gasteiger partial charge is 0.497 e. The third-order valence-electron chi connectivity index (χ3n) is 5.21. The summed E-state index contributed by atoms with van der Waals surface area (Å²) in [6.07, 6.45) is 0. The van der Waals surface area contributed by atoms with E-state index >= 15 is 0 Å². The fourth-order valence-corrected chi connectivity index (χ4v) is 3.87. The number of hydrogen-bond donors (Lipinski definition) is 1. The average molecular weight is 464 g/mol. The summed E-state index contributed by atoms with van der Waals surface area (Å²) < 4.78 is 10.2. The van der Waals surface area contributed by atoms with Gasteiger partial charge < -0.3 is 14.8 Å². The van der Waals surface area contributed by atoms with Gasteiger partial charge in [-0.2, -0.15) is 0 Å². The SMILES string of the molecule is COc1cccc(CNC(=O)COC(=O)c2ccc3c(c2Cl)C(=O)c2ccccc2C3=O)c1. The minimum absolute atomic E-state index is 0.0442. The number of carbonyl (C=O) groups excluding carboxylic acids is 4. The minimum atomic E-state index is -0.876. The lowest BCUT2D eigenvalue weighted by atomic mass is 9.83. The molecule has 0 fully saturated rings. The summed E-state index contributed by atoms with van der Waals surface area (Å²) in [4.78, 5) is 50.3. The Morgan fingerprint density at radius 3 is 2.36 bits per heavy atom. The standard InChI is InChI=1S/C25H18ClNO6/c1-32-15-6-4-5-14(11-15)12-27-20(28)13-33-25(31)19-10-9-18-21(22(19)26)24(30)17-8-3-2-7-16(17)23(18)29/h2-11H,12-13H2,1H3,(H,27,28). The second kappa shape index (κ2) is 9.26. The molecular weight excluding hydrogens is 446 g/mol. The van der Waals surface area contributed by atoms with Gasteiger partial charge in [0.25, 0.3) is 5.91 Å². The number of hydrogen-bond acceptors (Lipinski definition) is 6. The van der Waals surface area contributed by atoms with Crippen molar-refractivity contribution in [2.45, 2.75) is 6.54 Å². The Bertz CT molecular complexity index is 1300. The number of benzene rings is 3. The molecule has 0 saturated heterocycles. The molecule has 1 aliphatic rings. The zero-order valence-electron chi connectivity index (χ0n) is 17.5. The van der Waals surface area contributed by atoms with Crippen LogP contribution in [0.15, 0.2) is 60.7 Å². The van der Waals surface area contributed by atoms with Crippen molar-refractivity contribution < 1.29 is 28.7 Å². The van der Waals surface area contributed by atoms with Gasteiger partial charge >= 0.3 is 5.97 Å². The van der Waals surface area contributed by atoms with Crippen molar-refractivity contribution in [1.29, 1.82) is 0 Å². The number of rotatable bonds is 6. The van der Waals surface area contributed by atoms with E-state index < -0.39 is 24.3 Å². The van der Waals surface area contributed by atoms with Crippen LogP contribution in [0.1, 0.15) is 47.8 Å². The van der Waals surface area contributed by atoms with Crippen LogP contribution < -0.4 is 10.1 Å². The number of ketones is 2. The van der Waals surface area contributed by atoms with Gasteiger partial charge in [0.05, 0.1) is 23.3 Å². The maximum atomic E-state index is 12.9. The molecule has 1 amide bonds. The Morgan fingerprint density at radius 2 is 1.64 bits per heavy atom. The molecule has 0 saturated carbocycles. The van der Waals surface area contributed by atoms with Crippen LogP contribution in [0, 0.1) is 0 Å². The molecule has 7 nitrogen and oxygen atoms in total. The molecule has 33 heavy (non-hydrogen) atoms. The maximum absolute atomic E-state index is 12.9. The average Bonchev–Trinajstić information content (AvgIpc) is 2.84. The Morgan fingerprint density at radius 1 is 0.909 bits per heavy atom. The van der Waals surface area contributed by atoms with E-state index in [1.165, 1.54) is 18.2 Å². The molecule has 0 atom stereocenters. The van der Waals surface area contributed by atoms with Crippen molar-refractivity contribution in [3.8, 4) is 5.75 Å². The van der Waals surface area contributed by atoms with Gasteiger partial charge in [-0.1, -0.05) is 48.0 Å². The monoisotopic (exact) mass is 463 g/mol. The van der Waals surface area contributed by atoms with Crippen LogP contribution in [0.25, 0.3) is 0 Å². The van der Waals surface area contributed by atoms with Crippen molar-refractivity contribution >= 4 is 35.0 Å². The van der Waals surface area contributed by atoms with Crippen molar-refractivity contribution in [1.82, 2.24) is 5.32 Å². The number of amides is 1. The minimum Gasteiger partial charge on any atom is -0.497 e. The normalized spacial score (nSPS) is 11.9. The Labute approximate surface area is 194 Å². The Kier molecular flexibility index (Phi) is 6.24. The van der Waals surface area contributed by atoms with Gasteiger partial charge in [0, 0.05) is 23.2 Å². The van der Waals surface area contributed by atoms with E-state index in [1.54, 1.807) is 43.5 Å². The first-order chi connectivity index (χ1) is 15.9. The third kappa shape index (κ3) is 4.36. The van der Waals surface area contributed by atoms with Gasteiger partial charge in [0.2, 0.25) is 0 Å². The molecule has 4 rings (SSSR count). The Hall–Kier alpha value is -3.97. The van der Waals surface area contributed by atoms with E-state index in [0.717, 1.165) is 5.56 Å². The van der Waals surface area contributed by atoms with Crippen molar-refractivity contribution in [3.05, 3.63) is 99.1 Å². The van der Waals surface area contributed by atoms with E-state index in [4.69, 9.17) is 21.1 Å². The van der Waals surface area contributed by atoms with Crippen molar-refractivity contribution in [2.24, 2.45) is 0 Å². The van der Waals surface area contributed by atoms with Gasteiger partial charge in [-0.05, 0) is 29.8 Å². The van der Waals surface area contributed by atoms with E-state index in [2.05, 4.69) is 5.32 Å². The first kappa shape index (κ1) is 22.2. The molecular formula is C25H18ClNO6. The highest BCUT2D eigenvalue weighted by molar-refractivity contribution is 6.41. The number of ether oxygens (including phenoxy) is 2. The first-order valence-electron chi connectivity index (χ1n) is 9.98. The Balaban J connectivity index is 1.44. The number of nitrogens with one attached hydrogen (secondary N) is 1. The molecule has 0 unspecified atom stereocenters. The maximum Gasteiger partial charge on any atom is 0.340 e. The zero-order chi connectivity index (χ0) is 23.5. The lowest BCUT2D eigenvalue weighted by Gasteiger charge is -2.19. The zero-order valence-corrected chi connectivity index (χ0v) is 18.3. The molecule has 0 spiro atoms. The summed E-state index contributed by atoms with van der Waals surface area (Å²) in [5.41, 5.74) is 1.30. The molecule has 0 heterocycles.